The quantitative estimate of drug-likeness (QED) is 0.656. The summed E-state index contributed by atoms with van der Waals surface area (Å²) in [6.07, 6.45) is 0. The van der Waals surface area contributed by atoms with Gasteiger partial charge in [0, 0.05) is 19.2 Å². The summed E-state index contributed by atoms with van der Waals surface area (Å²) in [5, 5.41) is 14.1. The van der Waals surface area contributed by atoms with Gasteiger partial charge in [0.1, 0.15) is 10.8 Å². The number of nitrogens with zero attached hydrogens (tertiary/aromatic N) is 1. The predicted octanol–water partition coefficient (Wildman–Crippen LogP) is 4.33. The van der Waals surface area contributed by atoms with E-state index in [-0.39, 0.29) is 15.7 Å². The van der Waals surface area contributed by atoms with Crippen LogP contribution < -0.4 is 5.32 Å². The van der Waals surface area contributed by atoms with Gasteiger partial charge in [-0.05, 0) is 29.3 Å². The Kier molecular flexibility index (Phi) is 5.12. The van der Waals surface area contributed by atoms with Crippen molar-refractivity contribution in [2.75, 3.05) is 0 Å². The maximum absolute atomic E-state index is 13.0. The molecule has 0 heterocycles. The molecular formula is C14H11Cl2FN2O2. The van der Waals surface area contributed by atoms with Crippen LogP contribution in [-0.2, 0) is 13.1 Å². The highest BCUT2D eigenvalue weighted by Gasteiger charge is 2.12. The number of nitro groups is 1. The van der Waals surface area contributed by atoms with Gasteiger partial charge in [-0.1, -0.05) is 35.3 Å². The lowest BCUT2D eigenvalue weighted by molar-refractivity contribution is -0.384. The average molecular weight is 329 g/mol. The Morgan fingerprint density at radius 3 is 2.29 bits per heavy atom. The topological polar surface area (TPSA) is 55.2 Å². The van der Waals surface area contributed by atoms with Crippen LogP contribution >= 0.6 is 23.2 Å². The molecule has 0 aliphatic heterocycles. The monoisotopic (exact) mass is 328 g/mol. The van der Waals surface area contributed by atoms with E-state index >= 15 is 0 Å². The zero-order valence-electron chi connectivity index (χ0n) is 10.8. The molecule has 4 nitrogen and oxygen atoms in total. The third-order valence-electron chi connectivity index (χ3n) is 2.85. The van der Waals surface area contributed by atoms with Crippen LogP contribution in [0.4, 0.5) is 10.1 Å². The molecule has 1 N–H and O–H groups in total. The smallest absolute Gasteiger partial charge is 0.288 e. The zero-order valence-corrected chi connectivity index (χ0v) is 12.3. The van der Waals surface area contributed by atoms with Crippen molar-refractivity contribution in [2.24, 2.45) is 0 Å². The molecular weight excluding hydrogens is 318 g/mol. The Labute approximate surface area is 130 Å². The van der Waals surface area contributed by atoms with Crippen molar-refractivity contribution in [3.63, 3.8) is 0 Å². The number of nitrogens with one attached hydrogen (secondary N) is 1. The molecule has 0 saturated heterocycles. The average Bonchev–Trinajstić information content (AvgIpc) is 2.44. The van der Waals surface area contributed by atoms with E-state index in [2.05, 4.69) is 5.32 Å². The fraction of sp³-hybridized carbons (Fsp3) is 0.143. The molecule has 0 aliphatic rings. The van der Waals surface area contributed by atoms with Crippen molar-refractivity contribution < 1.29 is 9.31 Å². The minimum absolute atomic E-state index is 0.0661. The minimum atomic E-state index is -0.522. The second-order valence-electron chi connectivity index (χ2n) is 4.39. The van der Waals surface area contributed by atoms with Gasteiger partial charge in [-0.15, -0.1) is 0 Å². The summed E-state index contributed by atoms with van der Waals surface area (Å²) >= 11 is 11.4. The number of halogens is 3. The zero-order chi connectivity index (χ0) is 15.4. The Morgan fingerprint density at radius 1 is 1.05 bits per heavy atom. The number of rotatable bonds is 5. The van der Waals surface area contributed by atoms with Crippen LogP contribution in [0.15, 0.2) is 36.4 Å². The largest absolute Gasteiger partial charge is 0.309 e. The lowest BCUT2D eigenvalue weighted by Crippen LogP contribution is -2.12. The summed E-state index contributed by atoms with van der Waals surface area (Å²) < 4.78 is 13.0. The van der Waals surface area contributed by atoms with E-state index in [9.17, 15) is 14.5 Å². The molecule has 0 unspecified atom stereocenters. The summed E-state index contributed by atoms with van der Waals surface area (Å²) in [5.74, 6) is -0.464. The van der Waals surface area contributed by atoms with Gasteiger partial charge in [0.2, 0.25) is 0 Å². The number of hydrogen-bond donors (Lipinski definition) is 1. The Balaban J connectivity index is 1.98. The maximum Gasteiger partial charge on any atom is 0.288 e. The second-order valence-corrected chi connectivity index (χ2v) is 5.21. The van der Waals surface area contributed by atoms with Crippen LogP contribution in [0.25, 0.3) is 0 Å². The Morgan fingerprint density at radius 2 is 1.67 bits per heavy atom. The molecule has 0 radical (unpaired) electrons. The summed E-state index contributed by atoms with van der Waals surface area (Å²) in [6.45, 7) is 0.892. The van der Waals surface area contributed by atoms with Crippen LogP contribution in [0.2, 0.25) is 10.0 Å². The van der Waals surface area contributed by atoms with Crippen LogP contribution in [0.1, 0.15) is 11.1 Å². The van der Waals surface area contributed by atoms with Gasteiger partial charge in [-0.2, -0.15) is 0 Å². The van der Waals surface area contributed by atoms with Gasteiger partial charge >= 0.3 is 0 Å². The molecule has 0 bridgehead atoms. The summed E-state index contributed by atoms with van der Waals surface area (Å²) in [4.78, 5) is 10.3. The molecule has 2 aromatic carbocycles. The van der Waals surface area contributed by atoms with Crippen LogP contribution in [0, 0.1) is 15.9 Å². The van der Waals surface area contributed by atoms with Gasteiger partial charge in [0.25, 0.3) is 5.69 Å². The van der Waals surface area contributed by atoms with Gasteiger partial charge in [0.05, 0.1) is 9.95 Å². The highest BCUT2D eigenvalue weighted by molar-refractivity contribution is 6.32. The molecule has 0 atom stereocenters. The third kappa shape index (κ3) is 4.14. The molecule has 0 spiro atoms. The molecule has 0 fully saturated rings. The summed E-state index contributed by atoms with van der Waals surface area (Å²) in [6, 6.07) is 9.08. The minimum Gasteiger partial charge on any atom is -0.309 e. The van der Waals surface area contributed by atoms with Gasteiger partial charge < -0.3 is 5.32 Å². The van der Waals surface area contributed by atoms with Crippen LogP contribution in [0.3, 0.4) is 0 Å². The Hall–Kier alpha value is -1.69. The molecule has 0 saturated carbocycles. The number of nitro benzene ring substituents is 1. The first kappa shape index (κ1) is 15.7. The number of hydrogen-bond acceptors (Lipinski definition) is 3. The van der Waals surface area contributed by atoms with Crippen molar-refractivity contribution in [1.82, 2.24) is 5.32 Å². The highest BCUT2D eigenvalue weighted by atomic mass is 35.5. The van der Waals surface area contributed by atoms with Crippen molar-refractivity contribution in [1.29, 1.82) is 0 Å². The van der Waals surface area contributed by atoms with Gasteiger partial charge in [0.15, 0.2) is 0 Å². The van der Waals surface area contributed by atoms with E-state index in [4.69, 9.17) is 23.2 Å². The van der Waals surface area contributed by atoms with E-state index in [0.717, 1.165) is 11.1 Å². The molecule has 21 heavy (non-hydrogen) atoms. The highest BCUT2D eigenvalue weighted by Crippen LogP contribution is 2.25. The SMILES string of the molecule is O=[N+]([O-])c1cc(CNCc2ccc(F)c(Cl)c2)ccc1Cl. The standard InChI is InChI=1S/C14H11Cl2FN2O2/c15-11-3-1-10(6-14(11)19(20)21)8-18-7-9-2-4-13(17)12(16)5-9/h1-6,18H,7-8H2. The van der Waals surface area contributed by atoms with E-state index in [1.54, 1.807) is 12.1 Å². The third-order valence-corrected chi connectivity index (χ3v) is 3.46. The van der Waals surface area contributed by atoms with Crippen LogP contribution in [0.5, 0.6) is 0 Å². The molecule has 2 aromatic rings. The van der Waals surface area contributed by atoms with Crippen molar-refractivity contribution in [3.8, 4) is 0 Å². The molecule has 7 heteroatoms. The lowest BCUT2D eigenvalue weighted by atomic mass is 10.2. The molecule has 110 valence electrons. The first-order chi connectivity index (χ1) is 9.97. The summed E-state index contributed by atoms with van der Waals surface area (Å²) in [7, 11) is 0. The van der Waals surface area contributed by atoms with Gasteiger partial charge in [-0.25, -0.2) is 4.39 Å². The fourth-order valence-electron chi connectivity index (χ4n) is 1.81. The predicted molar refractivity (Wildman–Crippen MR) is 80.1 cm³/mol. The lowest BCUT2D eigenvalue weighted by Gasteiger charge is -2.06. The van der Waals surface area contributed by atoms with Crippen molar-refractivity contribution in [3.05, 3.63) is 73.5 Å². The van der Waals surface area contributed by atoms with Crippen molar-refractivity contribution >= 4 is 28.9 Å². The molecule has 0 aromatic heterocycles. The van der Waals surface area contributed by atoms with Crippen LogP contribution in [-0.4, -0.2) is 4.92 Å². The fourth-order valence-corrected chi connectivity index (χ4v) is 2.20. The van der Waals surface area contributed by atoms with E-state index in [0.29, 0.717) is 13.1 Å². The summed E-state index contributed by atoms with van der Waals surface area (Å²) in [5.41, 5.74) is 1.44. The van der Waals surface area contributed by atoms with Gasteiger partial charge in [-0.3, -0.25) is 10.1 Å². The molecule has 0 amide bonds. The second kappa shape index (κ2) is 6.85. The molecule has 0 aliphatic carbocycles. The van der Waals surface area contributed by atoms with E-state index < -0.39 is 10.7 Å². The maximum atomic E-state index is 13.0. The first-order valence-corrected chi connectivity index (χ1v) is 6.80. The molecule has 2 rings (SSSR count). The Bertz CT molecular complexity index is 680. The van der Waals surface area contributed by atoms with Crippen molar-refractivity contribution in [2.45, 2.75) is 13.1 Å². The number of benzene rings is 2. The van der Waals surface area contributed by atoms with E-state index in [1.807, 2.05) is 0 Å². The first-order valence-electron chi connectivity index (χ1n) is 6.05. The normalized spacial score (nSPS) is 10.6. The van der Waals surface area contributed by atoms with E-state index in [1.165, 1.54) is 24.3 Å².